The van der Waals surface area contributed by atoms with Crippen LogP contribution in [0, 0.1) is 13.8 Å². The number of rotatable bonds is 2. The molecular weight excluding hydrogens is 382 g/mol. The Morgan fingerprint density at radius 1 is 1.22 bits per heavy atom. The van der Waals surface area contributed by atoms with Crippen molar-refractivity contribution in [1.29, 1.82) is 0 Å². The number of thioether (sulfide) groups is 1. The molecule has 1 aromatic carbocycles. The molecule has 0 radical (unpaired) electrons. The fraction of sp³-hybridized carbons (Fsp3) is 0.368. The number of aromatic nitrogens is 4. The lowest BCUT2D eigenvalue weighted by atomic mass is 10.1. The lowest BCUT2D eigenvalue weighted by molar-refractivity contribution is 0.0754. The van der Waals surface area contributed by atoms with E-state index in [1.165, 1.54) is 0 Å². The quantitative estimate of drug-likeness (QED) is 0.654. The van der Waals surface area contributed by atoms with Crippen LogP contribution in [-0.2, 0) is 0 Å². The zero-order chi connectivity index (χ0) is 19.0. The molecule has 2 aromatic heterocycles. The Morgan fingerprint density at radius 3 is 2.85 bits per heavy atom. The molecule has 1 saturated heterocycles. The van der Waals surface area contributed by atoms with Crippen molar-refractivity contribution in [2.24, 2.45) is 0 Å². The minimum absolute atomic E-state index is 0.141. The summed E-state index contributed by atoms with van der Waals surface area (Å²) in [6, 6.07) is 9.86. The van der Waals surface area contributed by atoms with Gasteiger partial charge in [0.1, 0.15) is 0 Å². The summed E-state index contributed by atoms with van der Waals surface area (Å²) in [4.78, 5) is 23.5. The first-order valence-electron chi connectivity index (χ1n) is 8.89. The van der Waals surface area contributed by atoms with Gasteiger partial charge in [0.05, 0.1) is 0 Å². The number of aryl methyl sites for hydroxylation is 2. The topological polar surface area (TPSA) is 63.4 Å². The number of benzene rings is 1. The van der Waals surface area contributed by atoms with Crippen molar-refractivity contribution in [2.75, 3.05) is 18.8 Å². The lowest BCUT2D eigenvalue weighted by Crippen LogP contribution is -2.33. The van der Waals surface area contributed by atoms with Crippen LogP contribution in [0.2, 0.25) is 5.02 Å². The zero-order valence-corrected chi connectivity index (χ0v) is 16.8. The van der Waals surface area contributed by atoms with E-state index in [-0.39, 0.29) is 17.0 Å². The number of carbonyl (C=O) groups excluding carboxylic acids is 1. The first-order valence-corrected chi connectivity index (χ1v) is 10.3. The van der Waals surface area contributed by atoms with E-state index in [1.807, 2.05) is 54.8 Å². The smallest absolute Gasteiger partial charge is 0.293 e. The summed E-state index contributed by atoms with van der Waals surface area (Å²) in [5.74, 6) is 1.38. The highest BCUT2D eigenvalue weighted by Crippen LogP contribution is 2.37. The maximum Gasteiger partial charge on any atom is 0.293 e. The maximum absolute atomic E-state index is 13.0. The van der Waals surface area contributed by atoms with Crippen molar-refractivity contribution in [1.82, 2.24) is 24.5 Å². The van der Waals surface area contributed by atoms with Crippen LogP contribution in [0.4, 0.5) is 0 Å². The first-order chi connectivity index (χ1) is 13.0. The summed E-state index contributed by atoms with van der Waals surface area (Å²) >= 11 is 8.20. The Labute approximate surface area is 166 Å². The average Bonchev–Trinajstić information content (AvgIpc) is 2.92. The summed E-state index contributed by atoms with van der Waals surface area (Å²) in [6.45, 7) is 5.17. The first kappa shape index (κ1) is 18.3. The van der Waals surface area contributed by atoms with Gasteiger partial charge in [0, 0.05) is 40.5 Å². The molecule has 0 spiro atoms. The second-order valence-electron chi connectivity index (χ2n) is 6.65. The molecular formula is C19H20ClN5OS. The van der Waals surface area contributed by atoms with Crippen LogP contribution in [0.5, 0.6) is 0 Å². The predicted octanol–water partition coefficient (Wildman–Crippen LogP) is 3.71. The standard InChI is InChI=1S/C19H20ClN5OS/c1-12-11-13(2)25-19(21-12)22-17(23-25)18(26)24-8-7-16(27-10-9-24)14-5-3-4-6-15(14)20/h3-6,11,16H,7-10H2,1-2H3/t16-/m1/s1. The van der Waals surface area contributed by atoms with E-state index in [4.69, 9.17) is 11.6 Å². The third-order valence-corrected chi connectivity index (χ3v) is 6.34. The van der Waals surface area contributed by atoms with Gasteiger partial charge in [-0.1, -0.05) is 29.8 Å². The van der Waals surface area contributed by atoms with Gasteiger partial charge in [-0.05, 0) is 38.0 Å². The number of nitrogens with zero attached hydrogens (tertiary/aromatic N) is 5. The summed E-state index contributed by atoms with van der Waals surface area (Å²) in [6.07, 6.45) is 0.851. The van der Waals surface area contributed by atoms with Gasteiger partial charge in [-0.15, -0.1) is 5.10 Å². The van der Waals surface area contributed by atoms with Crippen LogP contribution in [0.3, 0.4) is 0 Å². The van der Waals surface area contributed by atoms with Crippen molar-refractivity contribution in [2.45, 2.75) is 25.5 Å². The summed E-state index contributed by atoms with van der Waals surface area (Å²) < 4.78 is 1.62. The van der Waals surface area contributed by atoms with Crippen molar-refractivity contribution in [3.05, 3.63) is 58.1 Å². The Balaban J connectivity index is 1.53. The Bertz CT molecular complexity index is 1000. The maximum atomic E-state index is 13.0. The molecule has 4 rings (SSSR count). The molecule has 27 heavy (non-hydrogen) atoms. The molecule has 1 fully saturated rings. The Kier molecular flexibility index (Phi) is 5.06. The van der Waals surface area contributed by atoms with Gasteiger partial charge < -0.3 is 4.90 Å². The van der Waals surface area contributed by atoms with E-state index in [0.717, 1.165) is 34.1 Å². The monoisotopic (exact) mass is 401 g/mol. The van der Waals surface area contributed by atoms with Gasteiger partial charge in [0.2, 0.25) is 5.82 Å². The van der Waals surface area contributed by atoms with Crippen LogP contribution in [0.25, 0.3) is 5.78 Å². The molecule has 3 aromatic rings. The van der Waals surface area contributed by atoms with E-state index >= 15 is 0 Å². The highest BCUT2D eigenvalue weighted by atomic mass is 35.5. The van der Waals surface area contributed by atoms with Crippen LogP contribution < -0.4 is 0 Å². The molecule has 0 saturated carbocycles. The lowest BCUT2D eigenvalue weighted by Gasteiger charge is -2.18. The largest absolute Gasteiger partial charge is 0.335 e. The minimum Gasteiger partial charge on any atom is -0.335 e. The number of hydrogen-bond acceptors (Lipinski definition) is 5. The second kappa shape index (κ2) is 7.48. The summed E-state index contributed by atoms with van der Waals surface area (Å²) in [5.41, 5.74) is 2.91. The fourth-order valence-corrected chi connectivity index (χ4v) is 4.96. The number of carbonyl (C=O) groups is 1. The van der Waals surface area contributed by atoms with Crippen LogP contribution in [0.15, 0.2) is 30.3 Å². The molecule has 0 bridgehead atoms. The van der Waals surface area contributed by atoms with E-state index in [2.05, 4.69) is 21.1 Å². The molecule has 3 heterocycles. The van der Waals surface area contributed by atoms with Crippen molar-refractivity contribution in [3.63, 3.8) is 0 Å². The number of halogens is 1. The third-order valence-electron chi connectivity index (χ3n) is 4.69. The molecule has 1 aliphatic rings. The van der Waals surface area contributed by atoms with E-state index in [1.54, 1.807) is 4.52 Å². The average molecular weight is 402 g/mol. The highest BCUT2D eigenvalue weighted by Gasteiger charge is 2.26. The van der Waals surface area contributed by atoms with E-state index in [9.17, 15) is 4.79 Å². The van der Waals surface area contributed by atoms with Crippen molar-refractivity contribution in [3.8, 4) is 0 Å². The molecule has 1 atom stereocenters. The summed E-state index contributed by atoms with van der Waals surface area (Å²) in [7, 11) is 0. The Morgan fingerprint density at radius 2 is 2.04 bits per heavy atom. The third kappa shape index (κ3) is 3.66. The number of fused-ring (bicyclic) bond motifs is 1. The minimum atomic E-state index is -0.141. The number of hydrogen-bond donors (Lipinski definition) is 0. The van der Waals surface area contributed by atoms with Gasteiger partial charge in [-0.2, -0.15) is 16.7 Å². The Hall–Kier alpha value is -2.12. The molecule has 0 N–H and O–H groups in total. The predicted molar refractivity (Wildman–Crippen MR) is 107 cm³/mol. The van der Waals surface area contributed by atoms with E-state index in [0.29, 0.717) is 18.9 Å². The van der Waals surface area contributed by atoms with Crippen molar-refractivity contribution >= 4 is 35.0 Å². The van der Waals surface area contributed by atoms with Gasteiger partial charge in [0.25, 0.3) is 11.7 Å². The van der Waals surface area contributed by atoms with Gasteiger partial charge in [-0.3, -0.25) is 4.79 Å². The molecule has 0 unspecified atom stereocenters. The van der Waals surface area contributed by atoms with Gasteiger partial charge >= 0.3 is 0 Å². The number of amides is 1. The molecule has 140 valence electrons. The molecule has 1 amide bonds. The van der Waals surface area contributed by atoms with Gasteiger partial charge in [0.15, 0.2) is 0 Å². The molecule has 0 aliphatic carbocycles. The summed E-state index contributed by atoms with van der Waals surface area (Å²) in [5, 5.41) is 5.45. The van der Waals surface area contributed by atoms with Crippen LogP contribution >= 0.6 is 23.4 Å². The van der Waals surface area contributed by atoms with Crippen LogP contribution in [-0.4, -0.2) is 49.2 Å². The highest BCUT2D eigenvalue weighted by molar-refractivity contribution is 7.99. The van der Waals surface area contributed by atoms with Gasteiger partial charge in [-0.25, -0.2) is 9.50 Å². The van der Waals surface area contributed by atoms with Crippen molar-refractivity contribution < 1.29 is 4.79 Å². The second-order valence-corrected chi connectivity index (χ2v) is 8.37. The molecule has 6 nitrogen and oxygen atoms in total. The van der Waals surface area contributed by atoms with E-state index < -0.39 is 0 Å². The zero-order valence-electron chi connectivity index (χ0n) is 15.2. The van der Waals surface area contributed by atoms with Crippen LogP contribution in [0.1, 0.15) is 39.2 Å². The molecule has 1 aliphatic heterocycles. The fourth-order valence-electron chi connectivity index (χ4n) is 3.36. The normalized spacial score (nSPS) is 17.9. The SMILES string of the molecule is Cc1cc(C)n2nc(C(=O)N3CCS[C@@H](c4ccccc4Cl)CC3)nc2n1. The molecule has 8 heteroatoms.